The molecule has 0 radical (unpaired) electrons. The van der Waals surface area contributed by atoms with E-state index < -0.39 is 0 Å². The molecule has 3 aliphatic carbocycles. The van der Waals surface area contributed by atoms with Crippen LogP contribution in [0.15, 0.2) is 0 Å². The van der Waals surface area contributed by atoms with Gasteiger partial charge in [-0.1, -0.05) is 13.8 Å². The maximum absolute atomic E-state index is 11.9. The molecule has 0 N–H and O–H groups in total. The van der Waals surface area contributed by atoms with Gasteiger partial charge in [0.05, 0.1) is 0 Å². The number of fused-ring (bicyclic) bond motifs is 3. The Labute approximate surface area is 116 Å². The van der Waals surface area contributed by atoms with E-state index in [4.69, 9.17) is 0 Å². The quantitative estimate of drug-likeness (QED) is 0.723. The molecule has 6 atom stereocenters. The van der Waals surface area contributed by atoms with Gasteiger partial charge in [-0.3, -0.25) is 9.59 Å². The van der Waals surface area contributed by atoms with Gasteiger partial charge in [-0.15, -0.1) is 0 Å². The summed E-state index contributed by atoms with van der Waals surface area (Å²) in [5.74, 6) is 3.41. The van der Waals surface area contributed by atoms with Crippen molar-refractivity contribution in [3.05, 3.63) is 0 Å². The van der Waals surface area contributed by atoms with Crippen molar-refractivity contribution in [2.75, 3.05) is 0 Å². The standard InChI is InChI=1S/C17H26O2/c1-10-12-8-9-17(3)14(11(2)18)5-6-15(17)13(12)4-7-16(10)19/h10,12-15H,4-9H2,1-3H3. The summed E-state index contributed by atoms with van der Waals surface area (Å²) in [5, 5.41) is 0. The summed E-state index contributed by atoms with van der Waals surface area (Å²) in [6.45, 7) is 6.27. The van der Waals surface area contributed by atoms with Crippen molar-refractivity contribution in [1.82, 2.24) is 0 Å². The van der Waals surface area contributed by atoms with Crippen LogP contribution in [0.1, 0.15) is 59.3 Å². The molecule has 0 bridgehead atoms. The summed E-state index contributed by atoms with van der Waals surface area (Å²) in [5.41, 5.74) is 0.229. The van der Waals surface area contributed by atoms with Gasteiger partial charge in [0.15, 0.2) is 0 Å². The summed E-state index contributed by atoms with van der Waals surface area (Å²) in [6, 6.07) is 0. The lowest BCUT2D eigenvalue weighted by molar-refractivity contribution is -0.135. The lowest BCUT2D eigenvalue weighted by Crippen LogP contribution is -2.47. The van der Waals surface area contributed by atoms with E-state index in [0.29, 0.717) is 29.3 Å². The van der Waals surface area contributed by atoms with Crippen LogP contribution in [0, 0.1) is 35.0 Å². The van der Waals surface area contributed by atoms with Gasteiger partial charge in [-0.25, -0.2) is 0 Å². The van der Waals surface area contributed by atoms with E-state index in [0.717, 1.165) is 32.1 Å². The third-order valence-corrected chi connectivity index (χ3v) is 6.86. The minimum atomic E-state index is 0.229. The number of hydrogen-bond acceptors (Lipinski definition) is 2. The van der Waals surface area contributed by atoms with Crippen LogP contribution < -0.4 is 0 Å². The molecule has 2 nitrogen and oxygen atoms in total. The second-order valence-electron chi connectivity index (χ2n) is 7.51. The van der Waals surface area contributed by atoms with Gasteiger partial charge in [0.2, 0.25) is 0 Å². The highest BCUT2D eigenvalue weighted by molar-refractivity contribution is 5.82. The van der Waals surface area contributed by atoms with Gasteiger partial charge in [0.25, 0.3) is 0 Å². The van der Waals surface area contributed by atoms with E-state index in [1.54, 1.807) is 6.92 Å². The highest BCUT2D eigenvalue weighted by Gasteiger charge is 2.56. The molecule has 0 amide bonds. The fourth-order valence-electron chi connectivity index (χ4n) is 5.80. The van der Waals surface area contributed by atoms with E-state index in [-0.39, 0.29) is 17.3 Å². The Morgan fingerprint density at radius 3 is 2.58 bits per heavy atom. The molecule has 3 aliphatic rings. The molecule has 19 heavy (non-hydrogen) atoms. The predicted octanol–water partition coefficient (Wildman–Crippen LogP) is 3.63. The second-order valence-corrected chi connectivity index (χ2v) is 7.51. The highest BCUT2D eigenvalue weighted by atomic mass is 16.1. The molecular formula is C17H26O2. The Kier molecular flexibility index (Phi) is 3.11. The van der Waals surface area contributed by atoms with Crippen LogP contribution in [0.25, 0.3) is 0 Å². The topological polar surface area (TPSA) is 34.1 Å². The van der Waals surface area contributed by atoms with Crippen LogP contribution >= 0.6 is 0 Å². The van der Waals surface area contributed by atoms with Gasteiger partial charge in [0, 0.05) is 18.3 Å². The number of carbonyl (C=O) groups excluding carboxylic acids is 2. The Hall–Kier alpha value is -0.660. The van der Waals surface area contributed by atoms with Crippen molar-refractivity contribution in [2.45, 2.75) is 59.3 Å². The third-order valence-electron chi connectivity index (χ3n) is 6.86. The van der Waals surface area contributed by atoms with Gasteiger partial charge < -0.3 is 0 Å². The van der Waals surface area contributed by atoms with Crippen LogP contribution in [0.3, 0.4) is 0 Å². The molecule has 0 aliphatic heterocycles. The summed E-state index contributed by atoms with van der Waals surface area (Å²) >= 11 is 0. The Balaban J connectivity index is 1.88. The first-order chi connectivity index (χ1) is 8.95. The van der Waals surface area contributed by atoms with E-state index >= 15 is 0 Å². The van der Waals surface area contributed by atoms with Crippen LogP contribution in [0.2, 0.25) is 0 Å². The smallest absolute Gasteiger partial charge is 0.135 e. The molecule has 0 aromatic heterocycles. The maximum Gasteiger partial charge on any atom is 0.135 e. The second kappa shape index (κ2) is 4.43. The van der Waals surface area contributed by atoms with Gasteiger partial charge >= 0.3 is 0 Å². The van der Waals surface area contributed by atoms with Crippen LogP contribution in [-0.2, 0) is 9.59 Å². The average Bonchev–Trinajstić information content (AvgIpc) is 2.71. The zero-order valence-electron chi connectivity index (χ0n) is 12.4. The van der Waals surface area contributed by atoms with Crippen LogP contribution in [0.4, 0.5) is 0 Å². The Morgan fingerprint density at radius 1 is 1.16 bits per heavy atom. The summed E-state index contributed by atoms with van der Waals surface area (Å²) in [4.78, 5) is 23.9. The van der Waals surface area contributed by atoms with Crippen LogP contribution in [0.5, 0.6) is 0 Å². The molecule has 0 saturated heterocycles. The zero-order chi connectivity index (χ0) is 13.8. The van der Waals surface area contributed by atoms with Crippen molar-refractivity contribution in [1.29, 1.82) is 0 Å². The fourth-order valence-corrected chi connectivity index (χ4v) is 5.80. The van der Waals surface area contributed by atoms with Crippen molar-refractivity contribution < 1.29 is 9.59 Å². The molecule has 2 heteroatoms. The molecule has 0 aromatic carbocycles. The average molecular weight is 262 g/mol. The molecule has 6 unspecified atom stereocenters. The number of Topliss-reactive ketones (excluding diaryl/α,β-unsaturated/α-hetero) is 2. The normalized spacial score (nSPS) is 49.6. The number of carbonyl (C=O) groups is 2. The Bertz CT molecular complexity index is 413. The van der Waals surface area contributed by atoms with Gasteiger partial charge in [-0.05, 0) is 62.2 Å². The summed E-state index contributed by atoms with van der Waals surface area (Å²) in [7, 11) is 0. The molecule has 106 valence electrons. The predicted molar refractivity (Wildman–Crippen MR) is 74.6 cm³/mol. The Morgan fingerprint density at radius 2 is 1.89 bits per heavy atom. The molecule has 0 aromatic rings. The number of hydrogen-bond donors (Lipinski definition) is 0. The lowest BCUT2D eigenvalue weighted by atomic mass is 9.53. The summed E-state index contributed by atoms with van der Waals surface area (Å²) in [6.07, 6.45) is 6.47. The molecule has 3 rings (SSSR count). The SMILES string of the molecule is CC(=O)C1CCC2C3CCC(=O)C(C)C3CCC12C. The summed E-state index contributed by atoms with van der Waals surface area (Å²) < 4.78 is 0. The minimum absolute atomic E-state index is 0.229. The van der Waals surface area contributed by atoms with Crippen molar-refractivity contribution >= 4 is 11.6 Å². The lowest BCUT2D eigenvalue weighted by Gasteiger charge is -2.51. The van der Waals surface area contributed by atoms with E-state index in [1.807, 2.05) is 0 Å². The first-order valence-corrected chi connectivity index (χ1v) is 7.98. The van der Waals surface area contributed by atoms with Crippen molar-refractivity contribution in [3.63, 3.8) is 0 Å². The van der Waals surface area contributed by atoms with E-state index in [1.165, 1.54) is 6.42 Å². The fraction of sp³-hybridized carbons (Fsp3) is 0.882. The van der Waals surface area contributed by atoms with E-state index in [9.17, 15) is 9.59 Å². The monoisotopic (exact) mass is 262 g/mol. The largest absolute Gasteiger partial charge is 0.300 e. The first-order valence-electron chi connectivity index (χ1n) is 7.98. The number of ketones is 2. The van der Waals surface area contributed by atoms with Crippen molar-refractivity contribution in [2.24, 2.45) is 35.0 Å². The zero-order valence-corrected chi connectivity index (χ0v) is 12.4. The van der Waals surface area contributed by atoms with Crippen molar-refractivity contribution in [3.8, 4) is 0 Å². The van der Waals surface area contributed by atoms with Crippen LogP contribution in [-0.4, -0.2) is 11.6 Å². The molecule has 3 saturated carbocycles. The maximum atomic E-state index is 11.9. The number of rotatable bonds is 1. The minimum Gasteiger partial charge on any atom is -0.300 e. The molecule has 3 fully saturated rings. The highest BCUT2D eigenvalue weighted by Crippen LogP contribution is 2.62. The van der Waals surface area contributed by atoms with Gasteiger partial charge in [0.1, 0.15) is 11.6 Å². The molecule has 0 spiro atoms. The molecule has 0 heterocycles. The first kappa shape index (κ1) is 13.3. The van der Waals surface area contributed by atoms with E-state index in [2.05, 4.69) is 13.8 Å². The molecular weight excluding hydrogens is 236 g/mol. The third kappa shape index (κ3) is 1.82. The van der Waals surface area contributed by atoms with Gasteiger partial charge in [-0.2, -0.15) is 0 Å².